The van der Waals surface area contributed by atoms with Gasteiger partial charge in [0.05, 0.1) is 18.1 Å². The summed E-state index contributed by atoms with van der Waals surface area (Å²) < 4.78 is 10.7. The van der Waals surface area contributed by atoms with Crippen molar-refractivity contribution in [3.05, 3.63) is 59.2 Å². The van der Waals surface area contributed by atoms with E-state index < -0.39 is 10.9 Å². The average molecular weight is 433 g/mol. The third-order valence-electron chi connectivity index (χ3n) is 4.00. The fourth-order valence-electron chi connectivity index (χ4n) is 2.42. The number of nitrogens with zero attached hydrogens (tertiary/aromatic N) is 1. The third-order valence-corrected chi connectivity index (χ3v) is 4.00. The van der Waals surface area contributed by atoms with Crippen molar-refractivity contribution >= 4 is 23.5 Å². The van der Waals surface area contributed by atoms with Crippen LogP contribution in [0, 0.1) is 10.1 Å². The van der Waals surface area contributed by atoms with Crippen LogP contribution in [0.2, 0.25) is 0 Å². The van der Waals surface area contributed by atoms with Crippen LogP contribution in [0.25, 0.3) is 0 Å². The van der Waals surface area contributed by atoms with Gasteiger partial charge >= 0.3 is 11.7 Å². The maximum atomic E-state index is 12.4. The van der Waals surface area contributed by atoms with Crippen LogP contribution < -0.4 is 15.4 Å². The molecule has 0 aliphatic carbocycles. The molecule has 0 saturated heterocycles. The predicted octanol–water partition coefficient (Wildman–Crippen LogP) is 2.30. The quantitative estimate of drug-likeness (QED) is 0.142. The number of hydrogen-bond acceptors (Lipinski definition) is 7. The third kappa shape index (κ3) is 9.57. The second-order valence-corrected chi connectivity index (χ2v) is 6.30. The highest BCUT2D eigenvalue weighted by atomic mass is 16.6. The lowest BCUT2D eigenvalue weighted by Crippen LogP contribution is -2.22. The van der Waals surface area contributed by atoms with Gasteiger partial charge in [0.2, 0.25) is 17.6 Å². The highest BCUT2D eigenvalue weighted by molar-refractivity contribution is 5.94. The number of rotatable bonds is 15. The lowest BCUT2D eigenvalue weighted by atomic mass is 10.1. The summed E-state index contributed by atoms with van der Waals surface area (Å²) >= 11 is 0. The number of benzene rings is 1. The van der Waals surface area contributed by atoms with E-state index in [0.29, 0.717) is 38.8 Å². The summed E-state index contributed by atoms with van der Waals surface area (Å²) in [6.45, 7) is 7.74. The number of ether oxygens (including phenoxy) is 2. The normalized spacial score (nSPS) is 9.94. The summed E-state index contributed by atoms with van der Waals surface area (Å²) in [4.78, 5) is 45.2. The van der Waals surface area contributed by atoms with E-state index in [1.54, 1.807) is 0 Å². The summed E-state index contributed by atoms with van der Waals surface area (Å²) in [5.41, 5.74) is -0.365. The zero-order valence-corrected chi connectivity index (χ0v) is 17.3. The molecule has 31 heavy (non-hydrogen) atoms. The van der Waals surface area contributed by atoms with Gasteiger partial charge in [0.15, 0.2) is 0 Å². The smallest absolute Gasteiger partial charge is 0.342 e. The molecule has 1 aromatic rings. The molecule has 0 radical (unpaired) electrons. The predicted molar refractivity (Wildman–Crippen MR) is 114 cm³/mol. The molecular weight excluding hydrogens is 406 g/mol. The maximum absolute atomic E-state index is 12.4. The molecule has 10 heteroatoms. The van der Waals surface area contributed by atoms with Gasteiger partial charge in [-0.1, -0.05) is 19.2 Å². The Morgan fingerprint density at radius 1 is 0.968 bits per heavy atom. The Balaban J connectivity index is 2.59. The molecule has 0 saturated carbocycles. The molecular formula is C21H27N3O7. The number of para-hydroxylation sites is 1. The number of hydrogen-bond donors (Lipinski definition) is 2. The van der Waals surface area contributed by atoms with Crippen LogP contribution in [-0.2, 0) is 14.3 Å². The van der Waals surface area contributed by atoms with Gasteiger partial charge in [-0.15, -0.1) is 0 Å². The van der Waals surface area contributed by atoms with Crippen LogP contribution >= 0.6 is 0 Å². The van der Waals surface area contributed by atoms with Crippen molar-refractivity contribution in [3.8, 4) is 5.75 Å². The molecule has 0 bridgehead atoms. The molecule has 0 aliphatic rings. The van der Waals surface area contributed by atoms with Crippen LogP contribution in [0.1, 0.15) is 36.0 Å². The molecule has 0 fully saturated rings. The Hall–Kier alpha value is -3.69. The second-order valence-electron chi connectivity index (χ2n) is 6.30. The minimum atomic E-state index is -0.730. The summed E-state index contributed by atoms with van der Waals surface area (Å²) in [7, 11) is 0. The highest BCUT2D eigenvalue weighted by Crippen LogP contribution is 2.31. The van der Waals surface area contributed by atoms with Gasteiger partial charge in [0, 0.05) is 19.2 Å². The van der Waals surface area contributed by atoms with Crippen LogP contribution in [0.5, 0.6) is 5.75 Å². The Morgan fingerprint density at radius 3 is 2.10 bits per heavy atom. The van der Waals surface area contributed by atoms with Gasteiger partial charge in [-0.05, 0) is 43.9 Å². The molecule has 2 amide bonds. The summed E-state index contributed by atoms with van der Waals surface area (Å²) in [6, 6.07) is 4.04. The Morgan fingerprint density at radius 2 is 1.55 bits per heavy atom. The Kier molecular flexibility index (Phi) is 11.7. The highest BCUT2D eigenvalue weighted by Gasteiger charge is 2.24. The molecule has 1 rings (SSSR count). The van der Waals surface area contributed by atoms with Crippen LogP contribution in [0.4, 0.5) is 5.69 Å². The molecule has 0 aromatic heterocycles. The number of amides is 2. The van der Waals surface area contributed by atoms with E-state index in [0.717, 1.165) is 0 Å². The number of carbonyl (C=O) groups excluding carboxylic acids is 3. The van der Waals surface area contributed by atoms with E-state index in [-0.39, 0.29) is 42.0 Å². The van der Waals surface area contributed by atoms with Crippen molar-refractivity contribution in [2.24, 2.45) is 0 Å². The molecule has 0 atom stereocenters. The first-order chi connectivity index (χ1) is 14.9. The first kappa shape index (κ1) is 25.3. The van der Waals surface area contributed by atoms with Gasteiger partial charge in [-0.25, -0.2) is 4.79 Å². The molecule has 168 valence electrons. The molecule has 2 N–H and O–H groups in total. The van der Waals surface area contributed by atoms with Gasteiger partial charge in [-0.3, -0.25) is 19.7 Å². The lowest BCUT2D eigenvalue weighted by molar-refractivity contribution is -0.385. The van der Waals surface area contributed by atoms with Crippen LogP contribution in [0.15, 0.2) is 43.5 Å². The van der Waals surface area contributed by atoms with E-state index in [1.165, 1.54) is 30.4 Å². The van der Waals surface area contributed by atoms with Crippen molar-refractivity contribution in [2.75, 3.05) is 26.3 Å². The van der Waals surface area contributed by atoms with Gasteiger partial charge in [-0.2, -0.15) is 0 Å². The molecule has 10 nitrogen and oxygen atoms in total. The standard InChI is InChI=1S/C21H27N3O7/c1-3-18(25)22-12-5-7-14-30-20-16(10-9-11-17(20)24(28)29)21(27)31-15-8-6-13-23-19(26)4-2/h3-4,9-11H,1-2,5-8,12-15H2,(H,22,25)(H,23,26). The minimum absolute atomic E-state index is 0.0332. The molecule has 0 unspecified atom stereocenters. The fraction of sp³-hybridized carbons (Fsp3) is 0.381. The molecule has 0 heterocycles. The van der Waals surface area contributed by atoms with E-state index >= 15 is 0 Å². The number of nitro groups is 1. The van der Waals surface area contributed by atoms with Crippen molar-refractivity contribution < 1.29 is 28.8 Å². The Bertz CT molecular complexity index is 808. The molecule has 0 aliphatic heterocycles. The topological polar surface area (TPSA) is 137 Å². The van der Waals surface area contributed by atoms with Crippen molar-refractivity contribution in [3.63, 3.8) is 0 Å². The van der Waals surface area contributed by atoms with Crippen LogP contribution in [0.3, 0.4) is 0 Å². The molecule has 0 spiro atoms. The first-order valence-electron chi connectivity index (χ1n) is 9.78. The number of nitrogens with one attached hydrogen (secondary N) is 2. The summed E-state index contributed by atoms with van der Waals surface area (Å²) in [5.74, 6) is -1.44. The lowest BCUT2D eigenvalue weighted by Gasteiger charge is -2.12. The number of nitro benzene ring substituents is 1. The zero-order valence-electron chi connectivity index (χ0n) is 17.3. The van der Waals surface area contributed by atoms with Gasteiger partial charge in [0.25, 0.3) is 0 Å². The average Bonchev–Trinajstić information content (AvgIpc) is 2.77. The largest absolute Gasteiger partial charge is 0.486 e. The van der Waals surface area contributed by atoms with E-state index in [4.69, 9.17) is 9.47 Å². The van der Waals surface area contributed by atoms with Crippen molar-refractivity contribution in [2.45, 2.75) is 25.7 Å². The van der Waals surface area contributed by atoms with Crippen LogP contribution in [-0.4, -0.2) is 49.0 Å². The van der Waals surface area contributed by atoms with E-state index in [9.17, 15) is 24.5 Å². The van der Waals surface area contributed by atoms with E-state index in [2.05, 4.69) is 23.8 Å². The summed E-state index contributed by atoms with van der Waals surface area (Å²) in [6.07, 6.45) is 4.52. The fourth-order valence-corrected chi connectivity index (χ4v) is 2.42. The van der Waals surface area contributed by atoms with E-state index in [1.807, 2.05) is 0 Å². The van der Waals surface area contributed by atoms with Crippen molar-refractivity contribution in [1.82, 2.24) is 10.6 Å². The number of esters is 1. The second kappa shape index (κ2) is 14.3. The number of carbonyl (C=O) groups is 3. The Labute approximate surface area is 180 Å². The monoisotopic (exact) mass is 433 g/mol. The van der Waals surface area contributed by atoms with Gasteiger partial charge < -0.3 is 20.1 Å². The minimum Gasteiger partial charge on any atom is -0.486 e. The van der Waals surface area contributed by atoms with Crippen molar-refractivity contribution in [1.29, 1.82) is 0 Å². The zero-order chi connectivity index (χ0) is 23.1. The summed E-state index contributed by atoms with van der Waals surface area (Å²) in [5, 5.41) is 16.5. The first-order valence-corrected chi connectivity index (χ1v) is 9.78. The van der Waals surface area contributed by atoms with Gasteiger partial charge in [0.1, 0.15) is 5.56 Å². The number of unbranched alkanes of at least 4 members (excludes halogenated alkanes) is 2. The molecule has 1 aromatic carbocycles. The maximum Gasteiger partial charge on any atom is 0.342 e. The SMILES string of the molecule is C=CC(=O)NCCCCOC(=O)c1cccc([N+](=O)[O-])c1OCCCCNC(=O)C=C.